The number of hydrogen-bond donors (Lipinski definition) is 0. The van der Waals surface area contributed by atoms with Gasteiger partial charge in [-0.3, -0.25) is 9.69 Å². The lowest BCUT2D eigenvalue weighted by Crippen LogP contribution is -2.51. The molecular formula is C11H23N3O3S. The standard InChI is InChI=1S/C11H23N3O3S/c1-4-13(5-2)11(15)10-12-6-8-14(9-7-12)18(3,16)17/h4-10H2,1-3H3. The molecule has 1 amide bonds. The second kappa shape index (κ2) is 6.49. The molecule has 0 bridgehead atoms. The fourth-order valence-corrected chi connectivity index (χ4v) is 2.91. The molecule has 1 aliphatic heterocycles. The average Bonchev–Trinajstić information content (AvgIpc) is 2.30. The molecule has 1 fully saturated rings. The highest BCUT2D eigenvalue weighted by Crippen LogP contribution is 2.06. The van der Waals surface area contributed by atoms with E-state index in [0.29, 0.717) is 32.7 Å². The number of hydrogen-bond acceptors (Lipinski definition) is 4. The van der Waals surface area contributed by atoms with Gasteiger partial charge < -0.3 is 4.90 Å². The minimum Gasteiger partial charge on any atom is -0.342 e. The summed E-state index contributed by atoms with van der Waals surface area (Å²) in [6.45, 7) is 7.96. The molecular weight excluding hydrogens is 254 g/mol. The van der Waals surface area contributed by atoms with Gasteiger partial charge in [-0.15, -0.1) is 0 Å². The first-order valence-electron chi connectivity index (χ1n) is 6.33. The van der Waals surface area contributed by atoms with Crippen LogP contribution in [0.2, 0.25) is 0 Å². The maximum atomic E-state index is 11.9. The highest BCUT2D eigenvalue weighted by atomic mass is 32.2. The van der Waals surface area contributed by atoms with Crippen LogP contribution in [-0.2, 0) is 14.8 Å². The third-order valence-corrected chi connectivity index (χ3v) is 4.58. The maximum absolute atomic E-state index is 11.9. The van der Waals surface area contributed by atoms with Gasteiger partial charge in [-0.1, -0.05) is 0 Å². The van der Waals surface area contributed by atoms with Crippen LogP contribution < -0.4 is 0 Å². The van der Waals surface area contributed by atoms with Crippen LogP contribution in [-0.4, -0.2) is 80.5 Å². The quantitative estimate of drug-likeness (QED) is 0.675. The predicted octanol–water partition coefficient (Wildman–Crippen LogP) is -0.568. The van der Waals surface area contributed by atoms with Crippen molar-refractivity contribution in [3.8, 4) is 0 Å². The number of carbonyl (C=O) groups is 1. The maximum Gasteiger partial charge on any atom is 0.236 e. The second-order valence-corrected chi connectivity index (χ2v) is 6.49. The van der Waals surface area contributed by atoms with Crippen LogP contribution in [0.1, 0.15) is 13.8 Å². The topological polar surface area (TPSA) is 60.9 Å². The van der Waals surface area contributed by atoms with Crippen molar-refractivity contribution in [1.29, 1.82) is 0 Å². The molecule has 1 heterocycles. The molecule has 106 valence electrons. The van der Waals surface area contributed by atoms with Crippen LogP contribution in [0.4, 0.5) is 0 Å². The third kappa shape index (κ3) is 4.22. The van der Waals surface area contributed by atoms with Crippen molar-refractivity contribution < 1.29 is 13.2 Å². The van der Waals surface area contributed by atoms with Gasteiger partial charge in [0.25, 0.3) is 0 Å². The molecule has 1 rings (SSSR count). The van der Waals surface area contributed by atoms with Crippen LogP contribution in [0.25, 0.3) is 0 Å². The highest BCUT2D eigenvalue weighted by molar-refractivity contribution is 7.88. The van der Waals surface area contributed by atoms with Crippen molar-refractivity contribution in [2.45, 2.75) is 13.8 Å². The smallest absolute Gasteiger partial charge is 0.236 e. The number of piperazine rings is 1. The van der Waals surface area contributed by atoms with Gasteiger partial charge in [-0.2, -0.15) is 4.31 Å². The van der Waals surface area contributed by atoms with Crippen LogP contribution in [0.15, 0.2) is 0 Å². The van der Waals surface area contributed by atoms with E-state index in [4.69, 9.17) is 0 Å². The summed E-state index contributed by atoms with van der Waals surface area (Å²) >= 11 is 0. The molecule has 1 saturated heterocycles. The van der Waals surface area contributed by atoms with Crippen molar-refractivity contribution in [1.82, 2.24) is 14.1 Å². The molecule has 0 spiro atoms. The van der Waals surface area contributed by atoms with E-state index >= 15 is 0 Å². The van der Waals surface area contributed by atoms with Crippen molar-refractivity contribution in [3.05, 3.63) is 0 Å². The SMILES string of the molecule is CCN(CC)C(=O)CN1CCN(S(C)(=O)=O)CC1. The van der Waals surface area contributed by atoms with E-state index in [2.05, 4.69) is 0 Å². The molecule has 0 saturated carbocycles. The van der Waals surface area contributed by atoms with Gasteiger partial charge in [-0.05, 0) is 13.8 Å². The van der Waals surface area contributed by atoms with Crippen molar-refractivity contribution in [2.24, 2.45) is 0 Å². The van der Waals surface area contributed by atoms with Crippen molar-refractivity contribution >= 4 is 15.9 Å². The van der Waals surface area contributed by atoms with Crippen LogP contribution in [0, 0.1) is 0 Å². The summed E-state index contributed by atoms with van der Waals surface area (Å²) in [5, 5.41) is 0. The largest absolute Gasteiger partial charge is 0.342 e. The van der Waals surface area contributed by atoms with E-state index in [1.165, 1.54) is 10.6 Å². The van der Waals surface area contributed by atoms with Crippen molar-refractivity contribution in [2.75, 3.05) is 52.1 Å². The number of sulfonamides is 1. The van der Waals surface area contributed by atoms with Gasteiger partial charge in [0.1, 0.15) is 0 Å². The van der Waals surface area contributed by atoms with Crippen LogP contribution >= 0.6 is 0 Å². The van der Waals surface area contributed by atoms with Crippen LogP contribution in [0.3, 0.4) is 0 Å². The molecule has 0 aromatic carbocycles. The van der Waals surface area contributed by atoms with Gasteiger partial charge in [0.15, 0.2) is 0 Å². The fraction of sp³-hybridized carbons (Fsp3) is 0.909. The van der Waals surface area contributed by atoms with E-state index in [9.17, 15) is 13.2 Å². The van der Waals surface area contributed by atoms with Crippen LogP contribution in [0.5, 0.6) is 0 Å². The second-order valence-electron chi connectivity index (χ2n) is 4.50. The zero-order chi connectivity index (χ0) is 13.8. The molecule has 7 heteroatoms. The minimum absolute atomic E-state index is 0.118. The molecule has 0 aliphatic carbocycles. The number of likely N-dealkylation sites (N-methyl/N-ethyl adjacent to an activating group) is 1. The molecule has 0 atom stereocenters. The molecule has 0 N–H and O–H groups in total. The minimum atomic E-state index is -3.09. The third-order valence-electron chi connectivity index (χ3n) is 3.28. The number of nitrogens with zero attached hydrogens (tertiary/aromatic N) is 3. The molecule has 18 heavy (non-hydrogen) atoms. The summed E-state index contributed by atoms with van der Waals surface area (Å²) < 4.78 is 24.2. The monoisotopic (exact) mass is 277 g/mol. The van der Waals surface area contributed by atoms with Gasteiger partial charge in [0, 0.05) is 39.3 Å². The molecule has 6 nitrogen and oxygen atoms in total. The van der Waals surface area contributed by atoms with E-state index < -0.39 is 10.0 Å². The van der Waals surface area contributed by atoms with E-state index in [0.717, 1.165) is 13.1 Å². The van der Waals surface area contributed by atoms with Gasteiger partial charge in [0.2, 0.25) is 15.9 Å². The zero-order valence-corrected chi connectivity index (χ0v) is 12.2. The Kier molecular flexibility index (Phi) is 5.55. The summed E-state index contributed by atoms with van der Waals surface area (Å²) in [5.41, 5.74) is 0. The summed E-state index contributed by atoms with van der Waals surface area (Å²) in [6, 6.07) is 0. The number of rotatable bonds is 5. The first kappa shape index (κ1) is 15.4. The first-order valence-corrected chi connectivity index (χ1v) is 8.18. The Morgan fingerprint density at radius 1 is 1.11 bits per heavy atom. The molecule has 0 unspecified atom stereocenters. The molecule has 0 aromatic heterocycles. The Balaban J connectivity index is 2.42. The normalized spacial score (nSPS) is 18.8. The summed E-state index contributed by atoms with van der Waals surface area (Å²) in [4.78, 5) is 15.7. The lowest BCUT2D eigenvalue weighted by molar-refractivity contribution is -0.132. The van der Waals surface area contributed by atoms with Gasteiger partial charge in [-0.25, -0.2) is 8.42 Å². The Bertz CT molecular complexity index is 371. The Hall–Kier alpha value is -0.660. The van der Waals surface area contributed by atoms with Gasteiger partial charge >= 0.3 is 0 Å². The summed E-state index contributed by atoms with van der Waals surface area (Å²) in [7, 11) is -3.09. The number of carbonyl (C=O) groups excluding carboxylic acids is 1. The highest BCUT2D eigenvalue weighted by Gasteiger charge is 2.25. The Morgan fingerprint density at radius 3 is 2.00 bits per heavy atom. The Morgan fingerprint density at radius 2 is 1.61 bits per heavy atom. The van der Waals surface area contributed by atoms with Crippen molar-refractivity contribution in [3.63, 3.8) is 0 Å². The number of amides is 1. The Labute approximate surface area is 110 Å². The summed E-state index contributed by atoms with van der Waals surface area (Å²) in [5.74, 6) is 0.118. The fourth-order valence-electron chi connectivity index (χ4n) is 2.09. The molecule has 1 aliphatic rings. The summed E-state index contributed by atoms with van der Waals surface area (Å²) in [6.07, 6.45) is 1.23. The lowest BCUT2D eigenvalue weighted by Gasteiger charge is -2.33. The molecule has 0 radical (unpaired) electrons. The lowest BCUT2D eigenvalue weighted by atomic mass is 10.3. The zero-order valence-electron chi connectivity index (χ0n) is 11.4. The predicted molar refractivity (Wildman–Crippen MR) is 70.8 cm³/mol. The molecule has 0 aromatic rings. The van der Waals surface area contributed by atoms with Gasteiger partial charge in [0.05, 0.1) is 12.8 Å². The van der Waals surface area contributed by atoms with E-state index in [1.54, 1.807) is 4.90 Å². The van der Waals surface area contributed by atoms with E-state index in [-0.39, 0.29) is 5.91 Å². The average molecular weight is 277 g/mol. The van der Waals surface area contributed by atoms with E-state index in [1.807, 2.05) is 18.7 Å². The first-order chi connectivity index (χ1) is 8.38.